The summed E-state index contributed by atoms with van der Waals surface area (Å²) >= 11 is 7.01. The summed E-state index contributed by atoms with van der Waals surface area (Å²) < 4.78 is 11.2. The average molecular weight is 433 g/mol. The van der Waals surface area contributed by atoms with Gasteiger partial charge in [-0.15, -0.1) is 0 Å². The van der Waals surface area contributed by atoms with Gasteiger partial charge in [-0.05, 0) is 61.5 Å². The van der Waals surface area contributed by atoms with Crippen molar-refractivity contribution >= 4 is 46.3 Å². The first kappa shape index (κ1) is 21.1. The predicted molar refractivity (Wildman–Crippen MR) is 117 cm³/mol. The molecule has 2 aromatic carbocycles. The fourth-order valence-corrected chi connectivity index (χ4v) is 3.75. The molecule has 2 amide bonds. The Labute approximate surface area is 178 Å². The number of ether oxygens (including phenoxy) is 2. The van der Waals surface area contributed by atoms with Gasteiger partial charge in [0, 0.05) is 0 Å². The summed E-state index contributed by atoms with van der Waals surface area (Å²) in [6, 6.07) is 12.6. The van der Waals surface area contributed by atoms with Gasteiger partial charge in [-0.3, -0.25) is 14.5 Å². The summed E-state index contributed by atoms with van der Waals surface area (Å²) in [6.07, 6.45) is 1.68. The summed E-state index contributed by atoms with van der Waals surface area (Å²) in [7, 11) is 0. The van der Waals surface area contributed by atoms with E-state index in [1.807, 2.05) is 32.0 Å². The molecule has 1 heterocycles. The predicted octanol–water partition coefficient (Wildman–Crippen LogP) is 5.24. The summed E-state index contributed by atoms with van der Waals surface area (Å²) in [5.41, 5.74) is 1.41. The van der Waals surface area contributed by atoms with E-state index in [9.17, 15) is 9.59 Å². The van der Waals surface area contributed by atoms with Crippen molar-refractivity contribution in [1.82, 2.24) is 4.90 Å². The molecule has 0 unspecified atom stereocenters. The Kier molecular flexibility index (Phi) is 7.06. The zero-order valence-electron chi connectivity index (χ0n) is 16.1. The first-order valence-corrected chi connectivity index (χ1v) is 10.4. The van der Waals surface area contributed by atoms with Crippen LogP contribution in [0.2, 0.25) is 5.02 Å². The van der Waals surface area contributed by atoms with Gasteiger partial charge in [0.05, 0.1) is 35.5 Å². The minimum atomic E-state index is -0.355. The van der Waals surface area contributed by atoms with Gasteiger partial charge < -0.3 is 14.8 Å². The number of thioether (sulfide) groups is 1. The molecule has 2 aromatic rings. The molecule has 0 spiro atoms. The number of hydrogen-bond donors (Lipinski definition) is 1. The Bertz CT molecular complexity index is 948. The fourth-order valence-electron chi connectivity index (χ4n) is 2.71. The van der Waals surface area contributed by atoms with Crippen LogP contribution in [0.3, 0.4) is 0 Å². The second-order valence-corrected chi connectivity index (χ2v) is 7.40. The van der Waals surface area contributed by atoms with E-state index in [2.05, 4.69) is 5.32 Å². The van der Waals surface area contributed by atoms with Crippen LogP contribution in [0.1, 0.15) is 19.4 Å². The van der Waals surface area contributed by atoms with E-state index in [1.165, 1.54) is 0 Å². The molecule has 1 N–H and O–H groups in total. The third-order valence-electron chi connectivity index (χ3n) is 4.04. The zero-order chi connectivity index (χ0) is 20.8. The first-order chi connectivity index (χ1) is 14.0. The van der Waals surface area contributed by atoms with E-state index >= 15 is 0 Å². The van der Waals surface area contributed by atoms with E-state index < -0.39 is 0 Å². The number of hydrogen-bond acceptors (Lipinski definition) is 6. The van der Waals surface area contributed by atoms with E-state index in [-0.39, 0.29) is 17.8 Å². The van der Waals surface area contributed by atoms with Crippen molar-refractivity contribution in [1.29, 1.82) is 0 Å². The lowest BCUT2D eigenvalue weighted by atomic mass is 10.2. The second kappa shape index (κ2) is 9.71. The largest absolute Gasteiger partial charge is 0.490 e. The minimum Gasteiger partial charge on any atom is -0.490 e. The Balaban J connectivity index is 1.75. The number of para-hydroxylation sites is 1. The van der Waals surface area contributed by atoms with Crippen LogP contribution in [0.25, 0.3) is 6.08 Å². The van der Waals surface area contributed by atoms with Crippen LogP contribution in [0.4, 0.5) is 10.5 Å². The molecule has 6 nitrogen and oxygen atoms in total. The number of anilines is 1. The lowest BCUT2D eigenvalue weighted by Gasteiger charge is -2.15. The summed E-state index contributed by atoms with van der Waals surface area (Å²) in [6.45, 7) is 4.85. The number of benzene rings is 2. The van der Waals surface area contributed by atoms with Gasteiger partial charge in [0.1, 0.15) is 0 Å². The molecule has 0 saturated carbocycles. The van der Waals surface area contributed by atoms with Crippen molar-refractivity contribution in [3.8, 4) is 11.5 Å². The van der Waals surface area contributed by atoms with Crippen LogP contribution in [0.15, 0.2) is 47.4 Å². The monoisotopic (exact) mass is 432 g/mol. The molecule has 3 rings (SSSR count). The third-order valence-corrected chi connectivity index (χ3v) is 5.28. The van der Waals surface area contributed by atoms with Gasteiger partial charge in [0.2, 0.25) is 0 Å². The van der Waals surface area contributed by atoms with Crippen LogP contribution in [-0.4, -0.2) is 35.9 Å². The number of rotatable bonds is 8. The lowest BCUT2D eigenvalue weighted by Crippen LogP contribution is -2.33. The van der Waals surface area contributed by atoms with Crippen LogP contribution >= 0.6 is 23.4 Å². The molecule has 1 fully saturated rings. The number of nitrogens with one attached hydrogen (secondary N) is 1. The van der Waals surface area contributed by atoms with Crippen molar-refractivity contribution in [3.05, 3.63) is 58.0 Å². The quantitative estimate of drug-likeness (QED) is 0.575. The highest BCUT2D eigenvalue weighted by atomic mass is 35.5. The van der Waals surface area contributed by atoms with E-state index in [4.69, 9.17) is 21.1 Å². The summed E-state index contributed by atoms with van der Waals surface area (Å²) in [5.74, 6) is 0.887. The molecule has 29 heavy (non-hydrogen) atoms. The Morgan fingerprint density at radius 2 is 1.79 bits per heavy atom. The number of nitrogens with zero attached hydrogens (tertiary/aromatic N) is 1. The Morgan fingerprint density at radius 1 is 1.07 bits per heavy atom. The highest BCUT2D eigenvalue weighted by molar-refractivity contribution is 8.18. The fraction of sp³-hybridized carbons (Fsp3) is 0.238. The van der Waals surface area contributed by atoms with Crippen molar-refractivity contribution in [3.63, 3.8) is 0 Å². The van der Waals surface area contributed by atoms with Gasteiger partial charge in [0.15, 0.2) is 11.5 Å². The van der Waals surface area contributed by atoms with Crippen molar-refractivity contribution in [2.45, 2.75) is 13.8 Å². The van der Waals surface area contributed by atoms with Gasteiger partial charge >= 0.3 is 0 Å². The van der Waals surface area contributed by atoms with Crippen LogP contribution in [-0.2, 0) is 4.79 Å². The van der Waals surface area contributed by atoms with Gasteiger partial charge in [-0.2, -0.15) is 0 Å². The molecule has 1 aliphatic rings. The summed E-state index contributed by atoms with van der Waals surface area (Å²) in [5, 5.41) is 3.21. The standard InChI is InChI=1S/C21H21ClN2O4S/c1-3-27-17-10-9-14(11-18(17)28-4-2)12-19-20(25)24(21(26)29-19)13-23-16-8-6-5-7-15(16)22/h5-12,23H,3-4,13H2,1-2H3/b19-12-. The number of halogens is 1. The van der Waals surface area contributed by atoms with Crippen molar-refractivity contribution in [2.24, 2.45) is 0 Å². The van der Waals surface area contributed by atoms with Gasteiger partial charge in [-0.1, -0.05) is 29.8 Å². The molecule has 1 saturated heterocycles. The molecule has 0 aliphatic carbocycles. The minimum absolute atomic E-state index is 0.0409. The molecule has 0 radical (unpaired) electrons. The maximum absolute atomic E-state index is 12.7. The topological polar surface area (TPSA) is 67.9 Å². The Hall–Kier alpha value is -2.64. The van der Waals surface area contributed by atoms with Gasteiger partial charge in [-0.25, -0.2) is 0 Å². The maximum atomic E-state index is 12.7. The normalized spacial score (nSPS) is 15.1. The smallest absolute Gasteiger partial charge is 0.295 e. The van der Waals surface area contributed by atoms with Crippen LogP contribution in [0, 0.1) is 0 Å². The maximum Gasteiger partial charge on any atom is 0.295 e. The van der Waals surface area contributed by atoms with Gasteiger partial charge in [0.25, 0.3) is 11.1 Å². The highest BCUT2D eigenvalue weighted by Gasteiger charge is 2.34. The SMILES string of the molecule is CCOc1ccc(/C=C2\SC(=O)N(CNc3ccccc3Cl)C2=O)cc1OCC. The molecule has 152 valence electrons. The first-order valence-electron chi connectivity index (χ1n) is 9.17. The van der Waals surface area contributed by atoms with Crippen LogP contribution in [0.5, 0.6) is 11.5 Å². The number of carbonyl (C=O) groups is 2. The Morgan fingerprint density at radius 3 is 2.52 bits per heavy atom. The molecule has 0 atom stereocenters. The molecule has 0 aromatic heterocycles. The van der Waals surface area contributed by atoms with Crippen LogP contribution < -0.4 is 14.8 Å². The third kappa shape index (κ3) is 5.05. The number of carbonyl (C=O) groups excluding carboxylic acids is 2. The van der Waals surface area contributed by atoms with Crippen molar-refractivity contribution in [2.75, 3.05) is 25.2 Å². The highest BCUT2D eigenvalue weighted by Crippen LogP contribution is 2.35. The number of imide groups is 1. The van der Waals surface area contributed by atoms with E-state index in [0.717, 1.165) is 22.2 Å². The number of amides is 2. The van der Waals surface area contributed by atoms with E-state index in [1.54, 1.807) is 30.3 Å². The average Bonchev–Trinajstić information content (AvgIpc) is 2.96. The zero-order valence-corrected chi connectivity index (χ0v) is 17.7. The summed E-state index contributed by atoms with van der Waals surface area (Å²) in [4.78, 5) is 26.5. The second-order valence-electron chi connectivity index (χ2n) is 6.00. The lowest BCUT2D eigenvalue weighted by molar-refractivity contribution is -0.122. The van der Waals surface area contributed by atoms with Crippen molar-refractivity contribution < 1.29 is 19.1 Å². The van der Waals surface area contributed by atoms with E-state index in [0.29, 0.717) is 40.3 Å². The molecule has 8 heteroatoms. The molecule has 0 bridgehead atoms. The molecule has 1 aliphatic heterocycles. The molecular weight excluding hydrogens is 412 g/mol. The molecular formula is C21H21ClN2O4S.